The summed E-state index contributed by atoms with van der Waals surface area (Å²) in [5.74, 6) is 0.744. The third-order valence-corrected chi connectivity index (χ3v) is 3.64. The fourth-order valence-corrected chi connectivity index (χ4v) is 2.27. The summed E-state index contributed by atoms with van der Waals surface area (Å²) in [6, 6.07) is 5.53. The van der Waals surface area contributed by atoms with Crippen LogP contribution in [0.2, 0.25) is 5.02 Å². The molecular weight excluding hydrogens is 234 g/mol. The first-order valence-electron chi connectivity index (χ1n) is 6.00. The lowest BCUT2D eigenvalue weighted by atomic mass is 10.0. The van der Waals surface area contributed by atoms with Gasteiger partial charge in [-0.2, -0.15) is 5.26 Å². The molecule has 0 unspecified atom stereocenters. The van der Waals surface area contributed by atoms with Crippen molar-refractivity contribution in [3.8, 4) is 6.07 Å². The van der Waals surface area contributed by atoms with E-state index in [0.717, 1.165) is 12.4 Å². The quantitative estimate of drug-likeness (QED) is 0.867. The van der Waals surface area contributed by atoms with Gasteiger partial charge in [-0.05, 0) is 36.8 Å². The molecule has 1 saturated carbocycles. The maximum Gasteiger partial charge on any atom is 0.161 e. The summed E-state index contributed by atoms with van der Waals surface area (Å²) in [7, 11) is 0. The van der Waals surface area contributed by atoms with Gasteiger partial charge in [-0.15, -0.1) is 0 Å². The molecule has 1 heterocycles. The van der Waals surface area contributed by atoms with Crippen molar-refractivity contribution in [3.63, 3.8) is 0 Å². The monoisotopic (exact) mass is 249 g/mol. The van der Waals surface area contributed by atoms with E-state index >= 15 is 0 Å². The van der Waals surface area contributed by atoms with Crippen LogP contribution in [0.5, 0.6) is 0 Å². The number of rotatable bonds is 5. The summed E-state index contributed by atoms with van der Waals surface area (Å²) >= 11 is 5.84. The van der Waals surface area contributed by atoms with Crippen LogP contribution in [0.15, 0.2) is 12.1 Å². The number of aromatic nitrogens is 1. The van der Waals surface area contributed by atoms with Gasteiger partial charge in [0.1, 0.15) is 11.9 Å². The zero-order valence-electron chi connectivity index (χ0n) is 9.96. The number of nitrogens with zero attached hydrogens (tertiary/aromatic N) is 2. The summed E-state index contributed by atoms with van der Waals surface area (Å²) in [4.78, 5) is 4.18. The lowest BCUT2D eigenvalue weighted by molar-refractivity contribution is 0.485. The predicted octanol–water partition coefficient (Wildman–Crippen LogP) is 3.60. The number of nitrogens with one attached hydrogen (secondary N) is 1. The standard InChI is InChI=1S/C13H16ClN3/c1-2-5-13(6-7-13)9-16-12-4-3-10(14)11(8-15)17-12/h3-4H,2,5-7,9H2,1H3,(H,16,17). The fourth-order valence-electron chi connectivity index (χ4n) is 2.12. The first-order valence-corrected chi connectivity index (χ1v) is 6.37. The van der Waals surface area contributed by atoms with E-state index in [9.17, 15) is 0 Å². The average molecular weight is 250 g/mol. The average Bonchev–Trinajstić information content (AvgIpc) is 3.09. The van der Waals surface area contributed by atoms with Gasteiger partial charge >= 0.3 is 0 Å². The van der Waals surface area contributed by atoms with E-state index in [4.69, 9.17) is 16.9 Å². The summed E-state index contributed by atoms with van der Waals surface area (Å²) in [5.41, 5.74) is 0.764. The van der Waals surface area contributed by atoms with Crippen LogP contribution < -0.4 is 5.32 Å². The van der Waals surface area contributed by atoms with Crippen molar-refractivity contribution in [2.24, 2.45) is 5.41 Å². The van der Waals surface area contributed by atoms with E-state index in [1.807, 2.05) is 12.1 Å². The second kappa shape index (κ2) is 4.93. The molecule has 0 atom stereocenters. The third-order valence-electron chi connectivity index (χ3n) is 3.33. The van der Waals surface area contributed by atoms with E-state index in [2.05, 4.69) is 17.2 Å². The Morgan fingerprint density at radius 1 is 1.53 bits per heavy atom. The minimum absolute atomic E-state index is 0.289. The molecule has 17 heavy (non-hydrogen) atoms. The Hall–Kier alpha value is -1.27. The van der Waals surface area contributed by atoms with Crippen molar-refractivity contribution < 1.29 is 0 Å². The molecule has 3 nitrogen and oxygen atoms in total. The van der Waals surface area contributed by atoms with E-state index in [1.54, 1.807) is 6.07 Å². The molecule has 0 radical (unpaired) electrons. The van der Waals surface area contributed by atoms with Crippen LogP contribution in [0.25, 0.3) is 0 Å². The third kappa shape index (κ3) is 2.89. The molecule has 0 aliphatic heterocycles. The maximum absolute atomic E-state index is 8.84. The summed E-state index contributed by atoms with van der Waals surface area (Å²) < 4.78 is 0. The van der Waals surface area contributed by atoms with E-state index in [-0.39, 0.29) is 5.69 Å². The molecule has 1 N–H and O–H groups in total. The molecule has 0 amide bonds. The minimum atomic E-state index is 0.289. The smallest absolute Gasteiger partial charge is 0.161 e. The van der Waals surface area contributed by atoms with Crippen LogP contribution in [0, 0.1) is 16.7 Å². The topological polar surface area (TPSA) is 48.7 Å². The predicted molar refractivity (Wildman–Crippen MR) is 69.0 cm³/mol. The molecular formula is C13H16ClN3. The zero-order chi connectivity index (χ0) is 12.3. The highest BCUT2D eigenvalue weighted by Gasteiger charge is 2.41. The summed E-state index contributed by atoms with van der Waals surface area (Å²) in [6.07, 6.45) is 5.08. The highest BCUT2D eigenvalue weighted by atomic mass is 35.5. The number of nitriles is 1. The summed E-state index contributed by atoms with van der Waals surface area (Å²) in [6.45, 7) is 3.16. The van der Waals surface area contributed by atoms with Gasteiger partial charge in [-0.1, -0.05) is 24.9 Å². The van der Waals surface area contributed by atoms with Gasteiger partial charge in [0.15, 0.2) is 5.69 Å². The van der Waals surface area contributed by atoms with Crippen molar-refractivity contribution in [2.75, 3.05) is 11.9 Å². The lowest BCUT2D eigenvalue weighted by Gasteiger charge is -2.15. The SMILES string of the molecule is CCCC1(CNc2ccc(Cl)c(C#N)n2)CC1. The van der Waals surface area contributed by atoms with Gasteiger partial charge in [-0.25, -0.2) is 4.98 Å². The molecule has 1 fully saturated rings. The number of anilines is 1. The fraction of sp³-hybridized carbons (Fsp3) is 0.538. The second-order valence-electron chi connectivity index (χ2n) is 4.74. The van der Waals surface area contributed by atoms with Crippen molar-refractivity contribution >= 4 is 17.4 Å². The molecule has 0 bridgehead atoms. The van der Waals surface area contributed by atoms with Crippen LogP contribution in [-0.2, 0) is 0 Å². The summed E-state index contributed by atoms with van der Waals surface area (Å²) in [5, 5.41) is 12.6. The highest BCUT2D eigenvalue weighted by molar-refractivity contribution is 6.31. The van der Waals surface area contributed by atoms with Crippen LogP contribution in [-0.4, -0.2) is 11.5 Å². The van der Waals surface area contributed by atoms with E-state index in [0.29, 0.717) is 10.4 Å². The molecule has 4 heteroatoms. The van der Waals surface area contributed by atoms with Gasteiger partial charge in [0.25, 0.3) is 0 Å². The van der Waals surface area contributed by atoms with Crippen molar-refractivity contribution in [2.45, 2.75) is 32.6 Å². The minimum Gasteiger partial charge on any atom is -0.369 e. The normalized spacial score (nSPS) is 16.3. The Kier molecular flexibility index (Phi) is 3.54. The second-order valence-corrected chi connectivity index (χ2v) is 5.15. The Morgan fingerprint density at radius 3 is 2.88 bits per heavy atom. The van der Waals surface area contributed by atoms with Crippen LogP contribution in [0.1, 0.15) is 38.3 Å². The number of hydrogen-bond acceptors (Lipinski definition) is 3. The Labute approximate surface area is 107 Å². The van der Waals surface area contributed by atoms with Gasteiger partial charge in [0, 0.05) is 6.54 Å². The highest BCUT2D eigenvalue weighted by Crippen LogP contribution is 2.49. The van der Waals surface area contributed by atoms with Gasteiger partial charge in [0.2, 0.25) is 0 Å². The number of pyridine rings is 1. The van der Waals surface area contributed by atoms with Gasteiger partial charge < -0.3 is 5.32 Å². The zero-order valence-corrected chi connectivity index (χ0v) is 10.7. The molecule has 0 spiro atoms. The van der Waals surface area contributed by atoms with E-state index in [1.165, 1.54) is 25.7 Å². The molecule has 0 aromatic carbocycles. The Morgan fingerprint density at radius 2 is 2.29 bits per heavy atom. The largest absolute Gasteiger partial charge is 0.369 e. The van der Waals surface area contributed by atoms with Crippen molar-refractivity contribution in [1.82, 2.24) is 4.98 Å². The first kappa shape index (κ1) is 12.2. The molecule has 0 saturated heterocycles. The van der Waals surface area contributed by atoms with Crippen LogP contribution in [0.3, 0.4) is 0 Å². The molecule has 1 aromatic rings. The lowest BCUT2D eigenvalue weighted by Crippen LogP contribution is -2.16. The first-order chi connectivity index (χ1) is 8.19. The number of hydrogen-bond donors (Lipinski definition) is 1. The molecule has 2 rings (SSSR count). The van der Waals surface area contributed by atoms with Gasteiger partial charge in [0.05, 0.1) is 5.02 Å². The van der Waals surface area contributed by atoms with Crippen molar-refractivity contribution in [1.29, 1.82) is 5.26 Å². The molecule has 1 aliphatic rings. The van der Waals surface area contributed by atoms with Crippen LogP contribution >= 0.6 is 11.6 Å². The Bertz CT molecular complexity index is 446. The van der Waals surface area contributed by atoms with Crippen LogP contribution in [0.4, 0.5) is 5.82 Å². The number of halogens is 1. The van der Waals surface area contributed by atoms with E-state index < -0.39 is 0 Å². The maximum atomic E-state index is 8.84. The van der Waals surface area contributed by atoms with Crippen molar-refractivity contribution in [3.05, 3.63) is 22.8 Å². The Balaban J connectivity index is 1.98. The molecule has 90 valence electrons. The molecule has 1 aliphatic carbocycles. The molecule has 1 aromatic heterocycles. The van der Waals surface area contributed by atoms with Gasteiger partial charge in [-0.3, -0.25) is 0 Å².